The van der Waals surface area contributed by atoms with Gasteiger partial charge in [0.05, 0.1) is 0 Å². The van der Waals surface area contributed by atoms with Gasteiger partial charge in [-0.05, 0) is 59.7 Å². The number of hydrogen-bond acceptors (Lipinski definition) is 2. The summed E-state index contributed by atoms with van der Waals surface area (Å²) in [5.74, 6) is 0. The van der Waals surface area contributed by atoms with Crippen LogP contribution in [-0.4, -0.2) is 30.6 Å². The van der Waals surface area contributed by atoms with Crippen LogP contribution >= 0.6 is 0 Å². The summed E-state index contributed by atoms with van der Waals surface area (Å²) in [5.41, 5.74) is 5.90. The first-order chi connectivity index (χ1) is 6.45. The highest BCUT2D eigenvalue weighted by Gasteiger charge is 2.09. The van der Waals surface area contributed by atoms with E-state index < -0.39 is 0 Å². The zero-order valence-corrected chi connectivity index (χ0v) is 10.1. The lowest BCUT2D eigenvalue weighted by atomic mass is 10.00. The van der Waals surface area contributed by atoms with Gasteiger partial charge < -0.3 is 10.6 Å². The molecule has 0 aromatic carbocycles. The summed E-state index contributed by atoms with van der Waals surface area (Å²) in [4.78, 5) is 2.37. The monoisotopic (exact) mass is 198 g/mol. The third kappa shape index (κ3) is 9.75. The van der Waals surface area contributed by atoms with Crippen molar-refractivity contribution in [3.8, 4) is 0 Å². The predicted octanol–water partition coefficient (Wildman–Crippen LogP) is 2.40. The van der Waals surface area contributed by atoms with E-state index in [-0.39, 0.29) is 5.54 Å². The molecule has 0 aliphatic carbocycles. The summed E-state index contributed by atoms with van der Waals surface area (Å²) < 4.78 is 0. The molecule has 0 bridgehead atoms. The molecule has 0 rings (SSSR count). The fourth-order valence-corrected chi connectivity index (χ4v) is 1.42. The van der Waals surface area contributed by atoms with Gasteiger partial charge in [-0.3, -0.25) is 0 Å². The van der Waals surface area contributed by atoms with Crippen molar-refractivity contribution < 1.29 is 0 Å². The summed E-state index contributed by atoms with van der Waals surface area (Å²) >= 11 is 0. The van der Waals surface area contributed by atoms with Crippen LogP contribution in [0.2, 0.25) is 0 Å². The Morgan fingerprint density at radius 1 is 1.29 bits per heavy atom. The molecule has 2 N–H and O–H groups in total. The molecular formula is C12H26N2. The van der Waals surface area contributed by atoms with Crippen LogP contribution in [-0.2, 0) is 0 Å². The van der Waals surface area contributed by atoms with Gasteiger partial charge in [0, 0.05) is 5.54 Å². The van der Waals surface area contributed by atoms with E-state index in [0.717, 1.165) is 25.9 Å². The van der Waals surface area contributed by atoms with Gasteiger partial charge >= 0.3 is 0 Å². The Morgan fingerprint density at radius 3 is 2.36 bits per heavy atom. The molecule has 2 nitrogen and oxygen atoms in total. The van der Waals surface area contributed by atoms with Crippen molar-refractivity contribution in [2.24, 2.45) is 5.73 Å². The predicted molar refractivity (Wildman–Crippen MR) is 64.4 cm³/mol. The average molecular weight is 198 g/mol. The van der Waals surface area contributed by atoms with E-state index in [9.17, 15) is 0 Å². The highest BCUT2D eigenvalue weighted by atomic mass is 15.1. The van der Waals surface area contributed by atoms with E-state index in [4.69, 9.17) is 5.73 Å². The van der Waals surface area contributed by atoms with Crippen LogP contribution < -0.4 is 5.73 Å². The minimum absolute atomic E-state index is 0.0119. The number of nitrogens with zero attached hydrogens (tertiary/aromatic N) is 1. The highest BCUT2D eigenvalue weighted by molar-refractivity contribution is 4.72. The third-order valence-electron chi connectivity index (χ3n) is 2.31. The molecule has 0 aromatic heterocycles. The first-order valence-corrected chi connectivity index (χ1v) is 5.54. The Balaban J connectivity index is 3.35. The molecule has 84 valence electrons. The van der Waals surface area contributed by atoms with E-state index in [1.165, 1.54) is 12.8 Å². The second-order valence-corrected chi connectivity index (χ2v) is 4.83. The minimum Gasteiger partial charge on any atom is -0.326 e. The Bertz CT molecular complexity index is 147. The number of allylic oxidation sites excluding steroid dienone is 1. The fourth-order valence-electron chi connectivity index (χ4n) is 1.42. The maximum absolute atomic E-state index is 5.91. The molecule has 14 heavy (non-hydrogen) atoms. The molecule has 0 radical (unpaired) electrons. The summed E-state index contributed by atoms with van der Waals surface area (Å²) in [6.07, 6.45) is 6.60. The Kier molecular flexibility index (Phi) is 6.85. The third-order valence-corrected chi connectivity index (χ3v) is 2.31. The van der Waals surface area contributed by atoms with Crippen LogP contribution in [0.3, 0.4) is 0 Å². The lowest BCUT2D eigenvalue weighted by Crippen LogP contribution is -2.33. The van der Waals surface area contributed by atoms with E-state index in [2.05, 4.69) is 32.4 Å². The second kappa shape index (κ2) is 7.02. The van der Waals surface area contributed by atoms with Crippen molar-refractivity contribution in [1.29, 1.82) is 0 Å². The molecule has 0 aliphatic rings. The largest absolute Gasteiger partial charge is 0.326 e. The number of rotatable bonds is 8. The van der Waals surface area contributed by atoms with Crippen LogP contribution in [0, 0.1) is 0 Å². The summed E-state index contributed by atoms with van der Waals surface area (Å²) in [6.45, 7) is 10.2. The molecule has 0 aromatic rings. The van der Waals surface area contributed by atoms with Gasteiger partial charge in [0.25, 0.3) is 0 Å². The number of hydrogen-bond donors (Lipinski definition) is 1. The molecule has 2 heteroatoms. The van der Waals surface area contributed by atoms with Crippen molar-refractivity contribution in [2.45, 2.75) is 45.1 Å². The molecule has 0 atom stereocenters. The summed E-state index contributed by atoms with van der Waals surface area (Å²) in [5, 5.41) is 0. The molecule has 0 saturated heterocycles. The molecule has 0 aliphatic heterocycles. The maximum atomic E-state index is 5.91. The van der Waals surface area contributed by atoms with E-state index in [1.54, 1.807) is 0 Å². The van der Waals surface area contributed by atoms with Crippen molar-refractivity contribution in [2.75, 3.05) is 20.1 Å². The van der Waals surface area contributed by atoms with Crippen LogP contribution in [0.1, 0.15) is 39.5 Å². The average Bonchev–Trinajstić information content (AvgIpc) is 2.02. The molecule has 0 heterocycles. The Morgan fingerprint density at radius 2 is 1.86 bits per heavy atom. The van der Waals surface area contributed by atoms with Gasteiger partial charge in [-0.25, -0.2) is 0 Å². The van der Waals surface area contributed by atoms with Crippen LogP contribution in [0.4, 0.5) is 0 Å². The van der Waals surface area contributed by atoms with Crippen LogP contribution in [0.5, 0.6) is 0 Å². The number of nitrogens with two attached hydrogens (primary N) is 1. The first-order valence-electron chi connectivity index (χ1n) is 5.54. The van der Waals surface area contributed by atoms with Gasteiger partial charge in [-0.2, -0.15) is 0 Å². The van der Waals surface area contributed by atoms with Crippen molar-refractivity contribution in [3.05, 3.63) is 12.7 Å². The standard InChI is InChI=1S/C12H26N2/c1-5-6-7-10-14(4)11-8-9-12(2,3)13/h5H,1,6-11,13H2,2-4H3. The Labute approximate surface area is 89.2 Å². The second-order valence-electron chi connectivity index (χ2n) is 4.83. The molecule has 0 saturated carbocycles. The van der Waals surface area contributed by atoms with Crippen LogP contribution in [0.25, 0.3) is 0 Å². The topological polar surface area (TPSA) is 29.3 Å². The van der Waals surface area contributed by atoms with Gasteiger partial charge in [-0.1, -0.05) is 6.08 Å². The molecular weight excluding hydrogens is 172 g/mol. The van der Waals surface area contributed by atoms with Gasteiger partial charge in [-0.15, -0.1) is 6.58 Å². The summed E-state index contributed by atoms with van der Waals surface area (Å²) in [6, 6.07) is 0. The van der Waals surface area contributed by atoms with Gasteiger partial charge in [0.1, 0.15) is 0 Å². The minimum atomic E-state index is -0.0119. The number of unbranched alkanes of at least 4 members (excludes halogenated alkanes) is 1. The zero-order chi connectivity index (χ0) is 11.0. The van der Waals surface area contributed by atoms with Crippen molar-refractivity contribution >= 4 is 0 Å². The lowest BCUT2D eigenvalue weighted by Gasteiger charge is -2.21. The summed E-state index contributed by atoms with van der Waals surface area (Å²) in [7, 11) is 2.17. The molecule has 0 fully saturated rings. The van der Waals surface area contributed by atoms with Crippen molar-refractivity contribution in [1.82, 2.24) is 4.90 Å². The fraction of sp³-hybridized carbons (Fsp3) is 0.833. The SMILES string of the molecule is C=CCCCN(C)CCCC(C)(C)N. The molecule has 0 spiro atoms. The quantitative estimate of drug-likeness (QED) is 0.479. The van der Waals surface area contributed by atoms with Crippen molar-refractivity contribution in [3.63, 3.8) is 0 Å². The van der Waals surface area contributed by atoms with E-state index in [0.29, 0.717) is 0 Å². The van der Waals surface area contributed by atoms with Gasteiger partial charge in [0.15, 0.2) is 0 Å². The van der Waals surface area contributed by atoms with Gasteiger partial charge in [0.2, 0.25) is 0 Å². The molecule has 0 amide bonds. The van der Waals surface area contributed by atoms with E-state index >= 15 is 0 Å². The first kappa shape index (κ1) is 13.7. The molecule has 0 unspecified atom stereocenters. The smallest absolute Gasteiger partial charge is 0.00975 e. The maximum Gasteiger partial charge on any atom is 0.00975 e. The van der Waals surface area contributed by atoms with Crippen LogP contribution in [0.15, 0.2) is 12.7 Å². The highest BCUT2D eigenvalue weighted by Crippen LogP contribution is 2.07. The normalized spacial score (nSPS) is 12.1. The van der Waals surface area contributed by atoms with E-state index in [1.807, 2.05) is 6.08 Å². The zero-order valence-electron chi connectivity index (χ0n) is 10.1. The lowest BCUT2D eigenvalue weighted by molar-refractivity contribution is 0.307. The Hall–Kier alpha value is -0.340.